The first-order valence-electron chi connectivity index (χ1n) is 20.8. The number of hydrogen-bond acceptors (Lipinski definition) is 0. The van der Waals surface area contributed by atoms with Crippen LogP contribution in [-0.4, -0.2) is 4.57 Å². The molecule has 2 unspecified atom stereocenters. The van der Waals surface area contributed by atoms with Gasteiger partial charge in [-0.1, -0.05) is 210 Å². The minimum atomic E-state index is 0.00766. The van der Waals surface area contributed by atoms with Gasteiger partial charge in [-0.25, -0.2) is 9.13 Å². The van der Waals surface area contributed by atoms with E-state index in [1.165, 1.54) is 165 Å². The monoisotopic (exact) mass is 656 g/mol. The van der Waals surface area contributed by atoms with Gasteiger partial charge in [-0.3, -0.25) is 0 Å². The highest BCUT2D eigenvalue weighted by atomic mass is 15.1. The zero-order valence-electron chi connectivity index (χ0n) is 31.9. The summed E-state index contributed by atoms with van der Waals surface area (Å²) in [5, 5.41) is 0. The lowest BCUT2D eigenvalue weighted by Crippen LogP contribution is -2.38. The van der Waals surface area contributed by atoms with E-state index in [0.29, 0.717) is 6.04 Å². The molecule has 3 aromatic rings. The summed E-state index contributed by atoms with van der Waals surface area (Å²) in [4.78, 5) is 0. The largest absolute Gasteiger partial charge is 0.244 e. The molecule has 0 radical (unpaired) electrons. The van der Waals surface area contributed by atoms with Gasteiger partial charge in [0, 0.05) is 5.41 Å². The van der Waals surface area contributed by atoms with Crippen molar-refractivity contribution in [2.45, 2.75) is 199 Å². The van der Waals surface area contributed by atoms with Crippen molar-refractivity contribution in [3.63, 3.8) is 0 Å². The summed E-state index contributed by atoms with van der Waals surface area (Å²) in [6, 6.07) is 23.0. The van der Waals surface area contributed by atoms with Crippen molar-refractivity contribution in [1.29, 1.82) is 0 Å². The van der Waals surface area contributed by atoms with Gasteiger partial charge in [0.15, 0.2) is 0 Å². The average molecular weight is 656 g/mol. The molecule has 0 saturated carbocycles. The van der Waals surface area contributed by atoms with Gasteiger partial charge in [-0.05, 0) is 43.2 Å². The predicted octanol–water partition coefficient (Wildman–Crippen LogP) is 13.9. The summed E-state index contributed by atoms with van der Waals surface area (Å²) in [6.07, 6.45) is 41.6. The van der Waals surface area contributed by atoms with Gasteiger partial charge in [0.1, 0.15) is 18.4 Å². The Morgan fingerprint density at radius 2 is 0.979 bits per heavy atom. The van der Waals surface area contributed by atoms with Crippen LogP contribution in [0, 0.1) is 0 Å². The molecule has 0 bridgehead atoms. The molecule has 2 nitrogen and oxygen atoms in total. The maximum atomic E-state index is 2.59. The van der Waals surface area contributed by atoms with E-state index in [-0.39, 0.29) is 5.41 Å². The van der Waals surface area contributed by atoms with Crippen molar-refractivity contribution in [2.75, 3.05) is 0 Å². The summed E-state index contributed by atoms with van der Waals surface area (Å²) in [7, 11) is 0. The average Bonchev–Trinajstić information content (AvgIpc) is 3.58. The Kier molecular flexibility index (Phi) is 21.4. The van der Waals surface area contributed by atoms with E-state index in [9.17, 15) is 0 Å². The van der Waals surface area contributed by atoms with Crippen LogP contribution >= 0.6 is 0 Å². The third-order valence-electron chi connectivity index (χ3n) is 11.0. The fourth-order valence-electron chi connectivity index (χ4n) is 7.91. The second kappa shape index (κ2) is 25.6. The number of aromatic nitrogens is 2. The molecule has 1 heterocycles. The molecule has 2 atom stereocenters. The van der Waals surface area contributed by atoms with Crippen molar-refractivity contribution in [1.82, 2.24) is 4.57 Å². The number of aryl methyl sites for hydroxylation is 1. The van der Waals surface area contributed by atoms with E-state index in [0.717, 1.165) is 13.0 Å². The molecule has 2 heteroatoms. The van der Waals surface area contributed by atoms with E-state index < -0.39 is 0 Å². The summed E-state index contributed by atoms with van der Waals surface area (Å²) in [5.41, 5.74) is 2.90. The fraction of sp³-hybridized carbons (Fsp3) is 0.674. The molecule has 0 aliphatic heterocycles. The van der Waals surface area contributed by atoms with Crippen LogP contribution in [0.3, 0.4) is 0 Å². The highest BCUT2D eigenvalue weighted by Crippen LogP contribution is 2.41. The molecule has 48 heavy (non-hydrogen) atoms. The fourth-order valence-corrected chi connectivity index (χ4v) is 7.91. The number of unbranched alkanes of at least 4 members (excludes halogenated alkanes) is 21. The number of hydrogen-bond donors (Lipinski definition) is 0. The molecule has 0 saturated heterocycles. The van der Waals surface area contributed by atoms with Crippen LogP contribution in [0.15, 0.2) is 79.4 Å². The lowest BCUT2D eigenvalue weighted by molar-refractivity contribution is -0.697. The zero-order chi connectivity index (χ0) is 34.0. The Bertz CT molecular complexity index is 1140. The first-order chi connectivity index (χ1) is 23.7. The highest BCUT2D eigenvalue weighted by Gasteiger charge is 2.40. The number of nitrogens with zero attached hydrogens (tertiary/aromatic N) is 2. The standard InChI is InChI=1S/C46H75N2/c1-4-6-8-10-12-14-16-17-18-19-21-23-31-37-45(46(3,44-35-29-26-30-36-44)41-43-33-27-25-28-34-43)48-40-39-47(42-48)38-32-24-22-20-15-13-11-9-7-5-2/h25-30,33-36,39-40,42,45H,4-24,31-32,37-38,41H2,1-3H3/q+1. The number of rotatable bonds is 30. The third-order valence-corrected chi connectivity index (χ3v) is 11.0. The van der Waals surface area contributed by atoms with E-state index in [2.05, 4.69) is 109 Å². The molecule has 1 aromatic heterocycles. The van der Waals surface area contributed by atoms with Crippen LogP contribution in [0.25, 0.3) is 0 Å². The minimum absolute atomic E-state index is 0.00766. The Hall–Kier alpha value is -2.35. The van der Waals surface area contributed by atoms with Crippen molar-refractivity contribution in [3.05, 3.63) is 90.5 Å². The molecule has 3 rings (SSSR count). The number of benzene rings is 2. The van der Waals surface area contributed by atoms with Gasteiger partial charge in [-0.2, -0.15) is 0 Å². The lowest BCUT2D eigenvalue weighted by atomic mass is 9.70. The second-order valence-electron chi connectivity index (χ2n) is 15.3. The van der Waals surface area contributed by atoms with E-state index in [1.54, 1.807) is 0 Å². The maximum Gasteiger partial charge on any atom is 0.244 e. The minimum Gasteiger partial charge on any atom is -0.237 e. The van der Waals surface area contributed by atoms with Crippen molar-refractivity contribution in [3.8, 4) is 0 Å². The van der Waals surface area contributed by atoms with Crippen LogP contribution in [0.1, 0.15) is 192 Å². The summed E-state index contributed by atoms with van der Waals surface area (Å²) in [6.45, 7) is 8.28. The van der Waals surface area contributed by atoms with Gasteiger partial charge in [0.05, 0.1) is 6.54 Å². The second-order valence-corrected chi connectivity index (χ2v) is 15.3. The first-order valence-corrected chi connectivity index (χ1v) is 20.8. The topological polar surface area (TPSA) is 8.81 Å². The Balaban J connectivity index is 1.55. The van der Waals surface area contributed by atoms with Crippen molar-refractivity contribution < 1.29 is 4.57 Å². The quantitative estimate of drug-likeness (QED) is 0.0499. The van der Waals surface area contributed by atoms with Crippen LogP contribution in [0.4, 0.5) is 0 Å². The lowest BCUT2D eigenvalue weighted by Gasteiger charge is -2.37. The molecule has 0 fully saturated rings. The van der Waals surface area contributed by atoms with Crippen LogP contribution < -0.4 is 4.57 Å². The molecule has 2 aromatic carbocycles. The molecule has 0 spiro atoms. The van der Waals surface area contributed by atoms with Gasteiger partial charge in [-0.15, -0.1) is 0 Å². The van der Waals surface area contributed by atoms with Crippen LogP contribution in [0.5, 0.6) is 0 Å². The molecule has 0 amide bonds. The summed E-state index contributed by atoms with van der Waals surface area (Å²) in [5.74, 6) is 0. The Labute approximate surface area is 298 Å². The Morgan fingerprint density at radius 3 is 1.48 bits per heavy atom. The van der Waals surface area contributed by atoms with Crippen LogP contribution in [-0.2, 0) is 18.4 Å². The molecule has 0 aliphatic rings. The SMILES string of the molecule is CCCCCCCCCCCCCCCC(n1cc[n+](CCCCCCCCCCCC)c1)C(C)(Cc1ccccc1)c1ccccc1. The van der Waals surface area contributed by atoms with E-state index >= 15 is 0 Å². The van der Waals surface area contributed by atoms with E-state index in [1.807, 2.05) is 0 Å². The summed E-state index contributed by atoms with van der Waals surface area (Å²) < 4.78 is 5.06. The molecular weight excluding hydrogens is 581 g/mol. The molecule has 0 N–H and O–H groups in total. The molecule has 268 valence electrons. The molecular formula is C46H75N2+. The van der Waals surface area contributed by atoms with Crippen molar-refractivity contribution >= 4 is 0 Å². The van der Waals surface area contributed by atoms with Crippen molar-refractivity contribution in [2.24, 2.45) is 0 Å². The van der Waals surface area contributed by atoms with E-state index in [4.69, 9.17) is 0 Å². The Morgan fingerprint density at radius 1 is 0.542 bits per heavy atom. The molecule has 0 aliphatic carbocycles. The van der Waals surface area contributed by atoms with Gasteiger partial charge in [0.2, 0.25) is 6.33 Å². The highest BCUT2D eigenvalue weighted by molar-refractivity contribution is 5.30. The predicted molar refractivity (Wildman–Crippen MR) is 210 cm³/mol. The van der Waals surface area contributed by atoms with Gasteiger partial charge >= 0.3 is 0 Å². The smallest absolute Gasteiger partial charge is 0.237 e. The first kappa shape index (κ1) is 40.1. The maximum absolute atomic E-state index is 2.59. The normalized spacial score (nSPS) is 13.5. The number of imidazole rings is 1. The summed E-state index contributed by atoms with van der Waals surface area (Å²) >= 11 is 0. The third kappa shape index (κ3) is 15.9. The van der Waals surface area contributed by atoms with Gasteiger partial charge in [0.25, 0.3) is 0 Å². The van der Waals surface area contributed by atoms with Crippen LogP contribution in [0.2, 0.25) is 0 Å². The van der Waals surface area contributed by atoms with Gasteiger partial charge < -0.3 is 0 Å². The zero-order valence-corrected chi connectivity index (χ0v) is 31.9.